The summed E-state index contributed by atoms with van der Waals surface area (Å²) in [4.78, 5) is 0. The first-order chi connectivity index (χ1) is 10.5. The summed E-state index contributed by atoms with van der Waals surface area (Å²) in [6, 6.07) is 0. The number of allylic oxidation sites excluding steroid dienone is 2. The van der Waals surface area contributed by atoms with E-state index in [2.05, 4.69) is 27.0 Å². The minimum Gasteiger partial charge on any atom is -0.0996 e. The van der Waals surface area contributed by atoms with Gasteiger partial charge in [0.1, 0.15) is 0 Å². The molecule has 22 heavy (non-hydrogen) atoms. The Balaban J connectivity index is 1.72. The van der Waals surface area contributed by atoms with Crippen LogP contribution in [-0.2, 0) is 0 Å². The first-order valence-electron chi connectivity index (χ1n) is 9.84. The van der Waals surface area contributed by atoms with Gasteiger partial charge in [-0.25, -0.2) is 0 Å². The largest absolute Gasteiger partial charge is 0.0996 e. The van der Waals surface area contributed by atoms with E-state index in [0.717, 1.165) is 23.7 Å². The highest BCUT2D eigenvalue weighted by Crippen LogP contribution is 2.68. The lowest BCUT2D eigenvalue weighted by atomic mass is 9.43. The zero-order valence-corrected chi connectivity index (χ0v) is 14.8. The third kappa shape index (κ3) is 1.76. The van der Waals surface area contributed by atoms with E-state index in [1.165, 1.54) is 69.8 Å². The molecular formula is C22H34. The summed E-state index contributed by atoms with van der Waals surface area (Å²) >= 11 is 0. The van der Waals surface area contributed by atoms with Crippen LogP contribution in [0.4, 0.5) is 0 Å². The molecule has 0 heterocycles. The molecule has 0 bridgehead atoms. The van der Waals surface area contributed by atoms with Crippen LogP contribution in [0, 0.1) is 34.5 Å². The van der Waals surface area contributed by atoms with Crippen molar-refractivity contribution in [2.24, 2.45) is 34.5 Å². The Kier molecular flexibility index (Phi) is 3.41. The van der Waals surface area contributed by atoms with E-state index in [1.54, 1.807) is 5.57 Å². The van der Waals surface area contributed by atoms with Crippen molar-refractivity contribution in [2.75, 3.05) is 0 Å². The van der Waals surface area contributed by atoms with E-state index in [9.17, 15) is 0 Å². The van der Waals surface area contributed by atoms with Gasteiger partial charge in [-0.2, -0.15) is 0 Å². The second-order valence-corrected chi connectivity index (χ2v) is 9.32. The smallest absolute Gasteiger partial charge is 0.00343 e. The van der Waals surface area contributed by atoms with Gasteiger partial charge in [-0.1, -0.05) is 44.1 Å². The van der Waals surface area contributed by atoms with Crippen LogP contribution in [-0.4, -0.2) is 0 Å². The minimum absolute atomic E-state index is 0.471. The summed E-state index contributed by atoms with van der Waals surface area (Å²) < 4.78 is 0. The van der Waals surface area contributed by atoms with Crippen LogP contribution in [0.5, 0.6) is 0 Å². The first-order valence-corrected chi connectivity index (χ1v) is 9.84. The highest BCUT2D eigenvalue weighted by molar-refractivity contribution is 5.24. The van der Waals surface area contributed by atoms with Crippen molar-refractivity contribution in [1.29, 1.82) is 0 Å². The monoisotopic (exact) mass is 298 g/mol. The Morgan fingerprint density at radius 2 is 1.82 bits per heavy atom. The topological polar surface area (TPSA) is 0 Å². The van der Waals surface area contributed by atoms with Gasteiger partial charge in [0.25, 0.3) is 0 Å². The molecule has 0 aliphatic heterocycles. The SMILES string of the molecule is C=C1CCC2C3CCC4CCCCC4(C(=C)C)C3CCC12C. The molecule has 0 amide bonds. The summed E-state index contributed by atoms with van der Waals surface area (Å²) in [6.45, 7) is 13.9. The Morgan fingerprint density at radius 3 is 2.59 bits per heavy atom. The van der Waals surface area contributed by atoms with Gasteiger partial charge < -0.3 is 0 Å². The summed E-state index contributed by atoms with van der Waals surface area (Å²) in [5.74, 6) is 3.78. The number of rotatable bonds is 1. The molecule has 0 heteroatoms. The lowest BCUT2D eigenvalue weighted by molar-refractivity contribution is -0.0866. The summed E-state index contributed by atoms with van der Waals surface area (Å²) in [5, 5.41) is 0. The normalized spacial score (nSPS) is 50.9. The van der Waals surface area contributed by atoms with Gasteiger partial charge in [0, 0.05) is 0 Å². The molecule has 0 spiro atoms. The van der Waals surface area contributed by atoms with Gasteiger partial charge in [-0.05, 0) is 92.8 Å². The molecule has 0 N–H and O–H groups in total. The van der Waals surface area contributed by atoms with Crippen LogP contribution in [0.1, 0.15) is 78.1 Å². The molecule has 4 fully saturated rings. The fraction of sp³-hybridized carbons (Fsp3) is 0.818. The Hall–Kier alpha value is -0.520. The van der Waals surface area contributed by atoms with Crippen molar-refractivity contribution < 1.29 is 0 Å². The number of fused-ring (bicyclic) bond motifs is 5. The standard InChI is InChI=1S/C22H34/c1-15(2)22-13-6-5-7-17(22)9-10-18-19-11-8-16(3)21(19,4)14-12-20(18)22/h17-20H,1,3,5-14H2,2,4H3. The maximum atomic E-state index is 4.55. The molecule has 0 aromatic heterocycles. The van der Waals surface area contributed by atoms with Gasteiger partial charge >= 0.3 is 0 Å². The van der Waals surface area contributed by atoms with Crippen LogP contribution in [0.2, 0.25) is 0 Å². The molecule has 0 aromatic carbocycles. The second-order valence-electron chi connectivity index (χ2n) is 9.32. The quantitative estimate of drug-likeness (QED) is 0.483. The fourth-order valence-corrected chi connectivity index (χ4v) is 7.67. The van der Waals surface area contributed by atoms with E-state index in [4.69, 9.17) is 0 Å². The predicted molar refractivity (Wildman–Crippen MR) is 94.6 cm³/mol. The van der Waals surface area contributed by atoms with Crippen LogP contribution in [0.3, 0.4) is 0 Å². The Morgan fingerprint density at radius 1 is 1.00 bits per heavy atom. The molecule has 4 aliphatic carbocycles. The molecule has 122 valence electrons. The van der Waals surface area contributed by atoms with Crippen LogP contribution in [0.15, 0.2) is 24.3 Å². The van der Waals surface area contributed by atoms with Gasteiger partial charge in [0.05, 0.1) is 0 Å². The van der Waals surface area contributed by atoms with E-state index in [1.807, 2.05) is 0 Å². The molecule has 4 rings (SSSR count). The molecule has 0 saturated heterocycles. The molecule has 6 atom stereocenters. The zero-order valence-electron chi connectivity index (χ0n) is 14.8. The van der Waals surface area contributed by atoms with Gasteiger partial charge in [-0.3, -0.25) is 0 Å². The van der Waals surface area contributed by atoms with Crippen molar-refractivity contribution in [3.63, 3.8) is 0 Å². The molecule has 0 nitrogen and oxygen atoms in total. The maximum absolute atomic E-state index is 4.55. The average Bonchev–Trinajstić information content (AvgIpc) is 2.82. The van der Waals surface area contributed by atoms with Gasteiger partial charge in [0.15, 0.2) is 0 Å². The van der Waals surface area contributed by atoms with Crippen molar-refractivity contribution in [1.82, 2.24) is 0 Å². The predicted octanol–water partition coefficient (Wildman–Crippen LogP) is 6.53. The minimum atomic E-state index is 0.471. The van der Waals surface area contributed by atoms with Crippen molar-refractivity contribution >= 4 is 0 Å². The summed E-state index contributed by atoms with van der Waals surface area (Å²) in [6.07, 6.45) is 14.4. The molecule has 4 saturated carbocycles. The molecule has 0 radical (unpaired) electrons. The van der Waals surface area contributed by atoms with Crippen LogP contribution < -0.4 is 0 Å². The number of hydrogen-bond donors (Lipinski definition) is 0. The maximum Gasteiger partial charge on any atom is -0.00343 e. The molecule has 0 aromatic rings. The summed E-state index contributed by atoms with van der Waals surface area (Å²) in [5.41, 5.74) is 4.09. The highest BCUT2D eigenvalue weighted by Gasteiger charge is 2.59. The average molecular weight is 299 g/mol. The molecular weight excluding hydrogens is 264 g/mol. The van der Waals surface area contributed by atoms with Crippen molar-refractivity contribution in [3.05, 3.63) is 24.3 Å². The Bertz CT molecular complexity index is 500. The fourth-order valence-electron chi connectivity index (χ4n) is 7.67. The molecule has 6 unspecified atom stereocenters. The van der Waals surface area contributed by atoms with Gasteiger partial charge in [0.2, 0.25) is 0 Å². The van der Waals surface area contributed by atoms with E-state index >= 15 is 0 Å². The zero-order chi connectivity index (χ0) is 15.5. The lowest BCUT2D eigenvalue weighted by Crippen LogP contribution is -2.53. The lowest BCUT2D eigenvalue weighted by Gasteiger charge is -2.61. The third-order valence-corrected chi connectivity index (χ3v) is 8.82. The summed E-state index contributed by atoms with van der Waals surface area (Å²) in [7, 11) is 0. The molecule has 4 aliphatic rings. The first kappa shape index (κ1) is 15.0. The van der Waals surface area contributed by atoms with Crippen molar-refractivity contribution in [3.8, 4) is 0 Å². The van der Waals surface area contributed by atoms with E-state index < -0.39 is 0 Å². The van der Waals surface area contributed by atoms with E-state index in [-0.39, 0.29) is 0 Å². The van der Waals surface area contributed by atoms with E-state index in [0.29, 0.717) is 10.8 Å². The van der Waals surface area contributed by atoms with Gasteiger partial charge in [-0.15, -0.1) is 0 Å². The van der Waals surface area contributed by atoms with Crippen molar-refractivity contribution in [2.45, 2.75) is 78.1 Å². The Labute approximate surface area is 137 Å². The van der Waals surface area contributed by atoms with Crippen LogP contribution in [0.25, 0.3) is 0 Å². The highest BCUT2D eigenvalue weighted by atomic mass is 14.6. The van der Waals surface area contributed by atoms with Crippen LogP contribution >= 0.6 is 0 Å². The second kappa shape index (κ2) is 4.99. The third-order valence-electron chi connectivity index (χ3n) is 8.82. The number of hydrogen-bond acceptors (Lipinski definition) is 0.